The van der Waals surface area contributed by atoms with Crippen LogP contribution in [-0.2, 0) is 9.47 Å². The van der Waals surface area contributed by atoms with Crippen molar-refractivity contribution in [2.24, 2.45) is 0 Å². The summed E-state index contributed by atoms with van der Waals surface area (Å²) in [6, 6.07) is 6.58. The third-order valence-corrected chi connectivity index (χ3v) is 2.86. The number of fused-ring (bicyclic) bond motifs is 1. The molecule has 2 atom stereocenters. The Kier molecular flexibility index (Phi) is 2.20. The summed E-state index contributed by atoms with van der Waals surface area (Å²) in [4.78, 5) is 0. The van der Waals surface area contributed by atoms with Crippen LogP contribution in [0.5, 0.6) is 0 Å². The lowest BCUT2D eigenvalue weighted by Crippen LogP contribution is -2.18. The van der Waals surface area contributed by atoms with Crippen LogP contribution < -0.4 is 5.32 Å². The molecule has 0 spiro atoms. The van der Waals surface area contributed by atoms with Gasteiger partial charge in [-0.1, -0.05) is 18.2 Å². The fraction of sp³-hybridized carbons (Fsp3) is 0.455. The van der Waals surface area contributed by atoms with Crippen LogP contribution in [0.4, 0.5) is 4.39 Å². The minimum absolute atomic E-state index is 0.0645. The lowest BCUT2D eigenvalue weighted by atomic mass is 10.2. The monoisotopic (exact) mass is 209 g/mol. The standard InChI is InChI=1S/C11H12FNO2/c12-8-4-2-1-3-7(8)11-14-9-5-13-6-10(9)15-11/h1-4,9-11,13H,5-6H2. The molecule has 2 aliphatic heterocycles. The molecule has 4 heteroatoms. The van der Waals surface area contributed by atoms with E-state index in [0.717, 1.165) is 13.1 Å². The van der Waals surface area contributed by atoms with Gasteiger partial charge >= 0.3 is 0 Å². The molecule has 15 heavy (non-hydrogen) atoms. The minimum atomic E-state index is -0.539. The molecule has 0 radical (unpaired) electrons. The van der Waals surface area contributed by atoms with Gasteiger partial charge in [-0.2, -0.15) is 0 Å². The van der Waals surface area contributed by atoms with Crippen molar-refractivity contribution in [2.45, 2.75) is 18.5 Å². The molecule has 0 amide bonds. The Morgan fingerprint density at radius 1 is 1.13 bits per heavy atom. The maximum absolute atomic E-state index is 13.4. The summed E-state index contributed by atoms with van der Waals surface area (Å²) < 4.78 is 24.7. The highest BCUT2D eigenvalue weighted by atomic mass is 19.1. The van der Waals surface area contributed by atoms with E-state index in [-0.39, 0.29) is 18.0 Å². The van der Waals surface area contributed by atoms with Gasteiger partial charge in [-0.15, -0.1) is 0 Å². The first kappa shape index (κ1) is 9.27. The first-order valence-corrected chi connectivity index (χ1v) is 5.10. The Labute approximate surface area is 87.2 Å². The number of hydrogen-bond acceptors (Lipinski definition) is 3. The molecule has 1 aromatic rings. The van der Waals surface area contributed by atoms with Crippen LogP contribution in [-0.4, -0.2) is 25.3 Å². The molecular formula is C11H12FNO2. The lowest BCUT2D eigenvalue weighted by Gasteiger charge is -2.12. The molecule has 2 saturated heterocycles. The first-order valence-electron chi connectivity index (χ1n) is 5.10. The molecule has 0 bridgehead atoms. The average molecular weight is 209 g/mol. The second kappa shape index (κ2) is 3.56. The van der Waals surface area contributed by atoms with Gasteiger partial charge in [0.1, 0.15) is 18.0 Å². The van der Waals surface area contributed by atoms with Gasteiger partial charge in [-0.3, -0.25) is 0 Å². The zero-order valence-electron chi connectivity index (χ0n) is 8.15. The molecule has 2 unspecified atom stereocenters. The molecule has 0 aromatic heterocycles. The predicted molar refractivity (Wildman–Crippen MR) is 51.8 cm³/mol. The third-order valence-electron chi connectivity index (χ3n) is 2.86. The zero-order valence-corrected chi connectivity index (χ0v) is 8.15. The summed E-state index contributed by atoms with van der Waals surface area (Å²) in [6.45, 7) is 1.57. The Bertz CT molecular complexity index is 359. The highest BCUT2D eigenvalue weighted by molar-refractivity contribution is 5.19. The van der Waals surface area contributed by atoms with Gasteiger partial charge in [0.15, 0.2) is 6.29 Å². The van der Waals surface area contributed by atoms with Crippen LogP contribution in [0.25, 0.3) is 0 Å². The van der Waals surface area contributed by atoms with E-state index < -0.39 is 6.29 Å². The summed E-state index contributed by atoms with van der Waals surface area (Å²) in [5.74, 6) is -0.268. The maximum atomic E-state index is 13.4. The highest BCUT2D eigenvalue weighted by Crippen LogP contribution is 2.33. The summed E-state index contributed by atoms with van der Waals surface area (Å²) in [5, 5.41) is 3.17. The Hall–Kier alpha value is -0.970. The zero-order chi connectivity index (χ0) is 10.3. The van der Waals surface area contributed by atoms with Gasteiger partial charge < -0.3 is 14.8 Å². The van der Waals surface area contributed by atoms with Gasteiger partial charge in [0.2, 0.25) is 0 Å². The average Bonchev–Trinajstić information content (AvgIpc) is 2.77. The number of halogens is 1. The van der Waals surface area contributed by atoms with Crippen molar-refractivity contribution in [3.63, 3.8) is 0 Å². The summed E-state index contributed by atoms with van der Waals surface area (Å²) in [7, 11) is 0. The quantitative estimate of drug-likeness (QED) is 0.754. The first-order chi connectivity index (χ1) is 7.34. The molecule has 0 saturated carbocycles. The second-order valence-electron chi connectivity index (χ2n) is 3.86. The van der Waals surface area contributed by atoms with Crippen molar-refractivity contribution < 1.29 is 13.9 Å². The van der Waals surface area contributed by atoms with Crippen molar-refractivity contribution in [1.29, 1.82) is 0 Å². The molecule has 2 aliphatic rings. The Balaban J connectivity index is 1.82. The van der Waals surface area contributed by atoms with Crippen LogP contribution in [0.3, 0.4) is 0 Å². The van der Waals surface area contributed by atoms with Gasteiger partial charge in [0, 0.05) is 18.7 Å². The third kappa shape index (κ3) is 1.55. The lowest BCUT2D eigenvalue weighted by molar-refractivity contribution is -0.0749. The molecule has 2 heterocycles. The van der Waals surface area contributed by atoms with Crippen molar-refractivity contribution >= 4 is 0 Å². The molecular weight excluding hydrogens is 197 g/mol. The molecule has 1 N–H and O–H groups in total. The van der Waals surface area contributed by atoms with Crippen molar-refractivity contribution in [3.8, 4) is 0 Å². The molecule has 0 aliphatic carbocycles. The predicted octanol–water partition coefficient (Wildman–Crippen LogP) is 1.21. The van der Waals surface area contributed by atoms with E-state index in [1.165, 1.54) is 6.07 Å². The molecule has 1 aromatic carbocycles. The number of hydrogen-bond donors (Lipinski definition) is 1. The van der Waals surface area contributed by atoms with Crippen molar-refractivity contribution in [2.75, 3.05) is 13.1 Å². The Morgan fingerprint density at radius 3 is 2.47 bits per heavy atom. The number of nitrogens with one attached hydrogen (secondary N) is 1. The molecule has 3 nitrogen and oxygen atoms in total. The highest BCUT2D eigenvalue weighted by Gasteiger charge is 2.40. The van der Waals surface area contributed by atoms with E-state index in [0.29, 0.717) is 5.56 Å². The van der Waals surface area contributed by atoms with Crippen LogP contribution in [0.1, 0.15) is 11.9 Å². The van der Waals surface area contributed by atoms with E-state index >= 15 is 0 Å². The number of benzene rings is 1. The summed E-state index contributed by atoms with van der Waals surface area (Å²) in [6.07, 6.45) is -0.410. The number of rotatable bonds is 1. The van der Waals surface area contributed by atoms with Gasteiger partial charge in [0.05, 0.1) is 0 Å². The number of ether oxygens (including phenoxy) is 2. The fourth-order valence-corrected chi connectivity index (χ4v) is 2.06. The smallest absolute Gasteiger partial charge is 0.187 e. The van der Waals surface area contributed by atoms with E-state index in [2.05, 4.69) is 5.32 Å². The Morgan fingerprint density at radius 2 is 1.80 bits per heavy atom. The van der Waals surface area contributed by atoms with Crippen LogP contribution in [0.2, 0.25) is 0 Å². The van der Waals surface area contributed by atoms with Gasteiger partial charge in [-0.05, 0) is 6.07 Å². The largest absolute Gasteiger partial charge is 0.341 e. The molecule has 2 fully saturated rings. The van der Waals surface area contributed by atoms with Gasteiger partial charge in [-0.25, -0.2) is 4.39 Å². The van der Waals surface area contributed by atoms with Crippen molar-refractivity contribution in [3.05, 3.63) is 35.6 Å². The summed E-state index contributed by atoms with van der Waals surface area (Å²) in [5.41, 5.74) is 0.493. The second-order valence-corrected chi connectivity index (χ2v) is 3.86. The van der Waals surface area contributed by atoms with Crippen molar-refractivity contribution in [1.82, 2.24) is 5.32 Å². The SMILES string of the molecule is Fc1ccccc1C1OC2CNCC2O1. The maximum Gasteiger partial charge on any atom is 0.187 e. The van der Waals surface area contributed by atoms with E-state index in [1.54, 1.807) is 18.2 Å². The van der Waals surface area contributed by atoms with Gasteiger partial charge in [0.25, 0.3) is 0 Å². The van der Waals surface area contributed by atoms with Crippen LogP contribution >= 0.6 is 0 Å². The summed E-state index contributed by atoms with van der Waals surface area (Å²) >= 11 is 0. The topological polar surface area (TPSA) is 30.5 Å². The molecule has 80 valence electrons. The normalized spacial score (nSPS) is 34.3. The van der Waals surface area contributed by atoms with E-state index in [9.17, 15) is 4.39 Å². The van der Waals surface area contributed by atoms with Crippen LogP contribution in [0, 0.1) is 5.82 Å². The molecule has 3 rings (SSSR count). The minimum Gasteiger partial charge on any atom is -0.341 e. The van der Waals surface area contributed by atoms with Crippen LogP contribution in [0.15, 0.2) is 24.3 Å². The van der Waals surface area contributed by atoms with E-state index in [4.69, 9.17) is 9.47 Å². The van der Waals surface area contributed by atoms with E-state index in [1.807, 2.05) is 0 Å². The fourth-order valence-electron chi connectivity index (χ4n) is 2.06.